The van der Waals surface area contributed by atoms with Gasteiger partial charge in [0.05, 0.1) is 16.6 Å². The van der Waals surface area contributed by atoms with Crippen molar-refractivity contribution in [2.75, 3.05) is 0 Å². The van der Waals surface area contributed by atoms with Gasteiger partial charge >= 0.3 is 0 Å². The van der Waals surface area contributed by atoms with Crippen molar-refractivity contribution < 1.29 is 4.39 Å². The van der Waals surface area contributed by atoms with Crippen molar-refractivity contribution in [1.82, 2.24) is 19.2 Å². The third kappa shape index (κ3) is 2.85. The van der Waals surface area contributed by atoms with Gasteiger partial charge in [-0.05, 0) is 48.9 Å². The predicted octanol–water partition coefficient (Wildman–Crippen LogP) is 5.16. The number of aryl methyl sites for hydroxylation is 1. The largest absolute Gasteiger partial charge is 0.311 e. The number of halogens is 1. The molecule has 0 unspecified atom stereocenters. The van der Waals surface area contributed by atoms with Gasteiger partial charge in [0.1, 0.15) is 5.82 Å². The van der Waals surface area contributed by atoms with E-state index in [0.29, 0.717) is 22.9 Å². The molecule has 0 bridgehead atoms. The molecule has 5 rings (SSSR count). The molecule has 0 aliphatic heterocycles. The average Bonchev–Trinajstić information content (AvgIpc) is 3.08. The Labute approximate surface area is 174 Å². The summed E-state index contributed by atoms with van der Waals surface area (Å²) in [4.78, 5) is 18.0. The fourth-order valence-corrected chi connectivity index (χ4v) is 4.95. The first-order chi connectivity index (χ1) is 14.5. The normalized spacial score (nSPS) is 22.1. The lowest BCUT2D eigenvalue weighted by atomic mass is 9.78. The summed E-state index contributed by atoms with van der Waals surface area (Å²) < 4.78 is 17.0. The molecule has 1 aliphatic rings. The minimum atomic E-state index is -0.280. The van der Waals surface area contributed by atoms with Crippen molar-refractivity contribution >= 4 is 16.6 Å². The van der Waals surface area contributed by atoms with E-state index < -0.39 is 0 Å². The van der Waals surface area contributed by atoms with E-state index in [9.17, 15) is 9.18 Å². The molecule has 0 radical (unpaired) electrons. The second kappa shape index (κ2) is 7.04. The van der Waals surface area contributed by atoms with E-state index in [1.54, 1.807) is 22.8 Å². The summed E-state index contributed by atoms with van der Waals surface area (Å²) in [6.07, 6.45) is 6.98. The minimum absolute atomic E-state index is 0.00987. The topological polar surface area (TPSA) is 52.2 Å². The van der Waals surface area contributed by atoms with Gasteiger partial charge in [-0.1, -0.05) is 38.8 Å². The standard InChI is InChI=1S/C24H25FN4O/c1-14-5-4-6-20(15(14)2)28-12-11-21-19(24(28)30)13-26-23-22(16(3)27-29(21)23)17-7-9-18(25)10-8-17/h7-15,20H,4-6H2,1-3H3/t14-,15+,20-/m1/s1. The van der Waals surface area contributed by atoms with Crippen molar-refractivity contribution in [3.05, 3.63) is 64.6 Å². The monoisotopic (exact) mass is 404 g/mol. The summed E-state index contributed by atoms with van der Waals surface area (Å²) in [6.45, 7) is 6.43. The van der Waals surface area contributed by atoms with Gasteiger partial charge in [-0.2, -0.15) is 5.10 Å². The van der Waals surface area contributed by atoms with Gasteiger partial charge in [0.15, 0.2) is 5.65 Å². The van der Waals surface area contributed by atoms with Crippen LogP contribution in [0.25, 0.3) is 27.7 Å². The maximum absolute atomic E-state index is 13.4. The minimum Gasteiger partial charge on any atom is -0.311 e. The van der Waals surface area contributed by atoms with E-state index >= 15 is 0 Å². The molecular weight excluding hydrogens is 379 g/mol. The third-order valence-corrected chi connectivity index (χ3v) is 6.87. The molecule has 0 spiro atoms. The molecule has 1 saturated carbocycles. The average molecular weight is 404 g/mol. The lowest BCUT2D eigenvalue weighted by Gasteiger charge is -2.35. The van der Waals surface area contributed by atoms with E-state index in [0.717, 1.165) is 35.2 Å². The van der Waals surface area contributed by atoms with Gasteiger partial charge in [-0.25, -0.2) is 13.9 Å². The van der Waals surface area contributed by atoms with Crippen LogP contribution in [0.15, 0.2) is 47.5 Å². The lowest BCUT2D eigenvalue weighted by molar-refractivity contribution is 0.183. The third-order valence-electron chi connectivity index (χ3n) is 6.87. The van der Waals surface area contributed by atoms with Crippen molar-refractivity contribution in [2.45, 2.75) is 46.1 Å². The fraction of sp³-hybridized carbons (Fsp3) is 0.375. The van der Waals surface area contributed by atoms with Gasteiger partial charge in [-0.3, -0.25) is 4.79 Å². The summed E-state index contributed by atoms with van der Waals surface area (Å²) in [5.41, 5.74) is 3.91. The molecular formula is C24H25FN4O. The molecule has 0 amide bonds. The van der Waals surface area contributed by atoms with E-state index in [4.69, 9.17) is 0 Å². The molecule has 3 atom stereocenters. The number of hydrogen-bond donors (Lipinski definition) is 0. The first-order valence-electron chi connectivity index (χ1n) is 10.6. The van der Waals surface area contributed by atoms with Gasteiger partial charge in [-0.15, -0.1) is 0 Å². The molecule has 0 N–H and O–H groups in total. The molecule has 154 valence electrons. The molecule has 3 aromatic heterocycles. The second-order valence-electron chi connectivity index (χ2n) is 8.62. The van der Waals surface area contributed by atoms with E-state index in [2.05, 4.69) is 23.9 Å². The number of fused-ring (bicyclic) bond motifs is 3. The van der Waals surface area contributed by atoms with Gasteiger partial charge in [0.2, 0.25) is 0 Å². The molecule has 0 saturated heterocycles. The van der Waals surface area contributed by atoms with Crippen molar-refractivity contribution in [1.29, 1.82) is 0 Å². The van der Waals surface area contributed by atoms with Crippen molar-refractivity contribution in [3.8, 4) is 11.1 Å². The summed E-state index contributed by atoms with van der Waals surface area (Å²) in [6, 6.07) is 8.52. The number of nitrogens with zero attached hydrogens (tertiary/aromatic N) is 4. The van der Waals surface area contributed by atoms with Crippen LogP contribution in [0, 0.1) is 24.6 Å². The van der Waals surface area contributed by atoms with Crippen LogP contribution in [0.2, 0.25) is 0 Å². The van der Waals surface area contributed by atoms with Gasteiger partial charge < -0.3 is 4.57 Å². The zero-order chi connectivity index (χ0) is 21.0. The maximum atomic E-state index is 13.4. The van der Waals surface area contributed by atoms with Crippen LogP contribution < -0.4 is 5.56 Å². The Morgan fingerprint density at radius 2 is 1.87 bits per heavy atom. The summed E-state index contributed by atoms with van der Waals surface area (Å²) >= 11 is 0. The van der Waals surface area contributed by atoms with E-state index in [-0.39, 0.29) is 17.4 Å². The summed E-state index contributed by atoms with van der Waals surface area (Å²) in [5, 5.41) is 5.24. The zero-order valence-corrected chi connectivity index (χ0v) is 17.5. The van der Waals surface area contributed by atoms with Crippen LogP contribution in [-0.2, 0) is 0 Å². The van der Waals surface area contributed by atoms with Crippen LogP contribution in [0.4, 0.5) is 4.39 Å². The molecule has 3 heterocycles. The Kier molecular flexibility index (Phi) is 4.45. The molecule has 1 fully saturated rings. The van der Waals surface area contributed by atoms with Crippen LogP contribution in [0.5, 0.6) is 0 Å². The van der Waals surface area contributed by atoms with Crippen LogP contribution >= 0.6 is 0 Å². The van der Waals surface area contributed by atoms with Gasteiger partial charge in [0.25, 0.3) is 5.56 Å². The van der Waals surface area contributed by atoms with Crippen LogP contribution in [-0.4, -0.2) is 19.2 Å². The predicted molar refractivity (Wildman–Crippen MR) is 116 cm³/mol. The van der Waals surface area contributed by atoms with Crippen LogP contribution in [0.3, 0.4) is 0 Å². The Hall–Kier alpha value is -3.02. The van der Waals surface area contributed by atoms with Gasteiger partial charge in [0, 0.05) is 24.0 Å². The first kappa shape index (κ1) is 19.0. The Morgan fingerprint density at radius 3 is 2.63 bits per heavy atom. The maximum Gasteiger partial charge on any atom is 0.261 e. The highest BCUT2D eigenvalue weighted by Gasteiger charge is 2.29. The zero-order valence-electron chi connectivity index (χ0n) is 17.5. The van der Waals surface area contributed by atoms with Crippen molar-refractivity contribution in [3.63, 3.8) is 0 Å². The Balaban J connectivity index is 1.68. The Morgan fingerprint density at radius 1 is 1.10 bits per heavy atom. The number of aromatic nitrogens is 4. The second-order valence-corrected chi connectivity index (χ2v) is 8.62. The molecule has 5 nitrogen and oxygen atoms in total. The molecule has 6 heteroatoms. The fourth-order valence-electron chi connectivity index (χ4n) is 4.95. The lowest BCUT2D eigenvalue weighted by Crippen LogP contribution is -2.33. The summed E-state index contributed by atoms with van der Waals surface area (Å²) in [7, 11) is 0. The molecule has 1 aliphatic carbocycles. The Bertz CT molecular complexity index is 1310. The smallest absolute Gasteiger partial charge is 0.261 e. The van der Waals surface area contributed by atoms with E-state index in [1.165, 1.54) is 18.6 Å². The van der Waals surface area contributed by atoms with Crippen LogP contribution in [0.1, 0.15) is 44.8 Å². The summed E-state index contributed by atoms with van der Waals surface area (Å²) in [5.74, 6) is 0.791. The number of pyridine rings is 1. The number of rotatable bonds is 2. The number of hydrogen-bond acceptors (Lipinski definition) is 3. The highest BCUT2D eigenvalue weighted by molar-refractivity contribution is 5.86. The highest BCUT2D eigenvalue weighted by Crippen LogP contribution is 2.37. The highest BCUT2D eigenvalue weighted by atomic mass is 19.1. The van der Waals surface area contributed by atoms with Crippen molar-refractivity contribution in [2.24, 2.45) is 11.8 Å². The molecule has 30 heavy (non-hydrogen) atoms. The SMILES string of the molecule is Cc1nn2c(ncc3c(=O)n([C@@H]4CCC[C@@H](C)[C@@H]4C)ccc32)c1-c1ccc(F)cc1. The number of benzene rings is 1. The molecule has 1 aromatic carbocycles. The van der Waals surface area contributed by atoms with E-state index in [1.807, 2.05) is 23.8 Å². The molecule has 4 aromatic rings. The quantitative estimate of drug-likeness (QED) is 0.464. The first-order valence-corrected chi connectivity index (χ1v) is 10.6.